The van der Waals surface area contributed by atoms with Gasteiger partial charge in [0.05, 0.1) is 5.92 Å². The number of carbonyl (C=O) groups excluding carboxylic acids is 1. The molecule has 4 heteroatoms. The Labute approximate surface area is 102 Å². The van der Waals surface area contributed by atoms with E-state index in [2.05, 4.69) is 11.9 Å². The largest absolute Gasteiger partial charge is 0.481 e. The van der Waals surface area contributed by atoms with E-state index in [1.165, 1.54) is 0 Å². The van der Waals surface area contributed by atoms with Gasteiger partial charge in [-0.3, -0.25) is 9.59 Å². The van der Waals surface area contributed by atoms with Crippen molar-refractivity contribution in [3.63, 3.8) is 0 Å². The highest BCUT2D eigenvalue weighted by Gasteiger charge is 2.30. The highest BCUT2D eigenvalue weighted by molar-refractivity contribution is 5.76. The maximum atomic E-state index is 11.4. The second-order valence-corrected chi connectivity index (χ2v) is 4.62. The van der Waals surface area contributed by atoms with Crippen LogP contribution in [0.15, 0.2) is 12.7 Å². The zero-order valence-corrected chi connectivity index (χ0v) is 10.2. The van der Waals surface area contributed by atoms with E-state index in [9.17, 15) is 9.59 Å². The van der Waals surface area contributed by atoms with Crippen LogP contribution in [-0.4, -0.2) is 23.5 Å². The van der Waals surface area contributed by atoms with Crippen LogP contribution < -0.4 is 5.32 Å². The molecule has 96 valence electrons. The molecule has 0 aromatic heterocycles. The summed E-state index contributed by atoms with van der Waals surface area (Å²) in [6, 6.07) is 0. The molecule has 0 aromatic carbocycles. The van der Waals surface area contributed by atoms with Crippen LogP contribution in [0.5, 0.6) is 0 Å². The lowest BCUT2D eigenvalue weighted by molar-refractivity contribution is -0.145. The van der Waals surface area contributed by atoms with Crippen LogP contribution >= 0.6 is 0 Å². The normalized spacial score (nSPS) is 24.0. The number of carboxylic acid groups (broad SMARTS) is 1. The summed E-state index contributed by atoms with van der Waals surface area (Å²) in [4.78, 5) is 22.5. The molecule has 1 aliphatic rings. The monoisotopic (exact) mass is 239 g/mol. The topological polar surface area (TPSA) is 66.4 Å². The minimum atomic E-state index is -0.727. The van der Waals surface area contributed by atoms with Gasteiger partial charge in [0.15, 0.2) is 0 Å². The molecule has 4 nitrogen and oxygen atoms in total. The zero-order valence-electron chi connectivity index (χ0n) is 10.2. The molecule has 2 unspecified atom stereocenters. The summed E-state index contributed by atoms with van der Waals surface area (Å²) >= 11 is 0. The van der Waals surface area contributed by atoms with Crippen molar-refractivity contribution in [1.82, 2.24) is 5.32 Å². The van der Waals surface area contributed by atoms with Gasteiger partial charge in [-0.05, 0) is 25.2 Å². The Morgan fingerprint density at radius 1 is 1.35 bits per heavy atom. The second-order valence-electron chi connectivity index (χ2n) is 4.62. The summed E-state index contributed by atoms with van der Waals surface area (Å²) in [5, 5.41) is 11.9. The van der Waals surface area contributed by atoms with Gasteiger partial charge in [-0.1, -0.05) is 18.9 Å². The van der Waals surface area contributed by atoms with Gasteiger partial charge in [0, 0.05) is 13.0 Å². The first-order valence-electron chi connectivity index (χ1n) is 6.25. The van der Waals surface area contributed by atoms with E-state index < -0.39 is 5.97 Å². The maximum absolute atomic E-state index is 11.4. The van der Waals surface area contributed by atoms with Gasteiger partial charge in [0.25, 0.3) is 0 Å². The third-order valence-corrected chi connectivity index (χ3v) is 3.36. The third-order valence-electron chi connectivity index (χ3n) is 3.36. The molecule has 0 radical (unpaired) electrons. The molecule has 0 heterocycles. The van der Waals surface area contributed by atoms with Gasteiger partial charge in [0.1, 0.15) is 0 Å². The van der Waals surface area contributed by atoms with Crippen LogP contribution in [0.2, 0.25) is 0 Å². The Balaban J connectivity index is 2.35. The van der Waals surface area contributed by atoms with Crippen molar-refractivity contribution in [2.75, 3.05) is 6.54 Å². The van der Waals surface area contributed by atoms with Crippen molar-refractivity contribution in [3.05, 3.63) is 12.7 Å². The van der Waals surface area contributed by atoms with Crippen molar-refractivity contribution >= 4 is 11.9 Å². The molecule has 2 atom stereocenters. The summed E-state index contributed by atoms with van der Waals surface area (Å²) in [5.41, 5.74) is 0. The standard InChI is InChI=1S/C13H21NO3/c1-2-3-8-12(15)14-9-10-6-4-5-7-11(10)13(16)17/h2,10-11H,1,3-9H2,(H,14,15)(H,16,17). The van der Waals surface area contributed by atoms with Crippen LogP contribution in [-0.2, 0) is 9.59 Å². The van der Waals surface area contributed by atoms with E-state index in [4.69, 9.17) is 5.11 Å². The third kappa shape index (κ3) is 4.59. The maximum Gasteiger partial charge on any atom is 0.306 e. The fraction of sp³-hybridized carbons (Fsp3) is 0.692. The van der Waals surface area contributed by atoms with E-state index in [-0.39, 0.29) is 17.7 Å². The minimum Gasteiger partial charge on any atom is -0.481 e. The first kappa shape index (κ1) is 13.7. The fourth-order valence-corrected chi connectivity index (χ4v) is 2.34. The first-order chi connectivity index (χ1) is 8.15. The number of allylic oxidation sites excluding steroid dienone is 1. The van der Waals surface area contributed by atoms with Crippen LogP contribution in [0.1, 0.15) is 38.5 Å². The Hall–Kier alpha value is -1.32. The van der Waals surface area contributed by atoms with Crippen molar-refractivity contribution in [3.8, 4) is 0 Å². The van der Waals surface area contributed by atoms with Gasteiger partial charge in [-0.25, -0.2) is 0 Å². The molecule has 1 aliphatic carbocycles. The summed E-state index contributed by atoms with van der Waals surface area (Å²) < 4.78 is 0. The number of hydrogen-bond acceptors (Lipinski definition) is 2. The number of hydrogen-bond donors (Lipinski definition) is 2. The predicted molar refractivity (Wildman–Crippen MR) is 65.5 cm³/mol. The van der Waals surface area contributed by atoms with Crippen LogP contribution in [0.25, 0.3) is 0 Å². The Morgan fingerprint density at radius 3 is 2.71 bits per heavy atom. The number of rotatable bonds is 6. The fourth-order valence-electron chi connectivity index (χ4n) is 2.34. The molecule has 0 spiro atoms. The highest BCUT2D eigenvalue weighted by Crippen LogP contribution is 2.29. The van der Waals surface area contributed by atoms with E-state index in [0.29, 0.717) is 19.4 Å². The molecule has 17 heavy (non-hydrogen) atoms. The summed E-state index contributed by atoms with van der Waals surface area (Å²) in [6.07, 6.45) is 6.50. The van der Waals surface area contributed by atoms with Crippen LogP contribution in [0, 0.1) is 11.8 Å². The number of aliphatic carboxylic acids is 1. The van der Waals surface area contributed by atoms with E-state index >= 15 is 0 Å². The predicted octanol–water partition coefficient (Wildman–Crippen LogP) is 1.96. The first-order valence-corrected chi connectivity index (χ1v) is 6.25. The highest BCUT2D eigenvalue weighted by atomic mass is 16.4. The van der Waals surface area contributed by atoms with Gasteiger partial charge in [-0.2, -0.15) is 0 Å². The molecular formula is C13H21NO3. The molecule has 2 N–H and O–H groups in total. The molecule has 0 bridgehead atoms. The Bertz CT molecular complexity index is 288. The average Bonchev–Trinajstić information content (AvgIpc) is 2.34. The smallest absolute Gasteiger partial charge is 0.306 e. The number of nitrogens with one attached hydrogen (secondary N) is 1. The van der Waals surface area contributed by atoms with Gasteiger partial charge in [-0.15, -0.1) is 6.58 Å². The summed E-state index contributed by atoms with van der Waals surface area (Å²) in [5.74, 6) is -0.938. The van der Waals surface area contributed by atoms with Gasteiger partial charge >= 0.3 is 5.97 Å². The molecule has 0 aromatic rings. The van der Waals surface area contributed by atoms with Crippen LogP contribution in [0.3, 0.4) is 0 Å². The summed E-state index contributed by atoms with van der Waals surface area (Å²) in [6.45, 7) is 4.05. The Morgan fingerprint density at radius 2 is 2.06 bits per heavy atom. The molecule has 0 saturated heterocycles. The molecule has 1 saturated carbocycles. The Kier molecular flexibility index (Phi) is 5.73. The SMILES string of the molecule is C=CCCC(=O)NCC1CCCCC1C(=O)O. The number of carboxylic acids is 1. The molecule has 1 fully saturated rings. The van der Waals surface area contributed by atoms with Gasteiger partial charge < -0.3 is 10.4 Å². The van der Waals surface area contributed by atoms with E-state index in [1.54, 1.807) is 6.08 Å². The van der Waals surface area contributed by atoms with E-state index in [1.807, 2.05) is 0 Å². The molecular weight excluding hydrogens is 218 g/mol. The van der Waals surface area contributed by atoms with Crippen LogP contribution in [0.4, 0.5) is 0 Å². The molecule has 1 amide bonds. The van der Waals surface area contributed by atoms with Crippen molar-refractivity contribution in [2.24, 2.45) is 11.8 Å². The van der Waals surface area contributed by atoms with Crippen molar-refractivity contribution < 1.29 is 14.7 Å². The molecule has 1 rings (SSSR count). The number of carbonyl (C=O) groups is 2. The molecule has 0 aliphatic heterocycles. The van der Waals surface area contributed by atoms with Gasteiger partial charge in [0.2, 0.25) is 5.91 Å². The average molecular weight is 239 g/mol. The quantitative estimate of drug-likeness (QED) is 0.696. The second kappa shape index (κ2) is 7.09. The number of amides is 1. The zero-order chi connectivity index (χ0) is 12.7. The summed E-state index contributed by atoms with van der Waals surface area (Å²) in [7, 11) is 0. The minimum absolute atomic E-state index is 0.0142. The van der Waals surface area contributed by atoms with Crippen molar-refractivity contribution in [2.45, 2.75) is 38.5 Å². The van der Waals surface area contributed by atoms with Crippen molar-refractivity contribution in [1.29, 1.82) is 0 Å². The van der Waals surface area contributed by atoms with E-state index in [0.717, 1.165) is 25.7 Å². The lowest BCUT2D eigenvalue weighted by Crippen LogP contribution is -2.37. The lowest BCUT2D eigenvalue weighted by atomic mass is 9.79. The lowest BCUT2D eigenvalue weighted by Gasteiger charge is -2.28.